The van der Waals surface area contributed by atoms with Gasteiger partial charge in [0.25, 0.3) is 0 Å². The smallest absolute Gasteiger partial charge is 0.308 e. The van der Waals surface area contributed by atoms with Gasteiger partial charge in [0.15, 0.2) is 5.78 Å². The quantitative estimate of drug-likeness (QED) is 0.194. The molecule has 0 saturated carbocycles. The van der Waals surface area contributed by atoms with E-state index in [-0.39, 0.29) is 11.8 Å². The number of hydrogen-bond acceptors (Lipinski definition) is 6. The molecule has 0 aliphatic rings. The third-order valence-electron chi connectivity index (χ3n) is 4.93. The minimum Gasteiger partial charge on any atom is -0.497 e. The molecule has 3 aromatic carbocycles. The Kier molecular flexibility index (Phi) is 6.23. The molecule has 4 rings (SSSR count). The molecule has 6 heteroatoms. The van der Waals surface area contributed by atoms with E-state index in [2.05, 4.69) is 0 Å². The summed E-state index contributed by atoms with van der Waals surface area (Å²) in [7, 11) is 1.59. The Bertz CT molecular complexity index is 1270. The zero-order valence-corrected chi connectivity index (χ0v) is 18.8. The predicted molar refractivity (Wildman–Crippen MR) is 126 cm³/mol. The molecule has 0 bridgehead atoms. The molecular formula is C26H22O5S. The molecule has 0 aliphatic heterocycles. The van der Waals surface area contributed by atoms with E-state index in [0.717, 1.165) is 26.3 Å². The van der Waals surface area contributed by atoms with Crippen molar-refractivity contribution in [1.82, 2.24) is 0 Å². The molecule has 0 atom stereocenters. The molecule has 5 nitrogen and oxygen atoms in total. The number of carbonyl (C=O) groups is 2. The summed E-state index contributed by atoms with van der Waals surface area (Å²) < 4.78 is 17.0. The fourth-order valence-electron chi connectivity index (χ4n) is 3.49. The number of rotatable bonds is 7. The molecule has 0 N–H and O–H groups in total. The standard InChI is InChI=1S/C26H22O5S/c1-4-30-21-13-14-22-23(15-21)32-26(18-7-11-20(12-8-18)31-16(2)27)24(22)25(28)17-5-9-19(29-3)10-6-17/h5-15H,4H2,1-3H3. The van der Waals surface area contributed by atoms with E-state index < -0.39 is 0 Å². The van der Waals surface area contributed by atoms with Crippen LogP contribution >= 0.6 is 11.3 Å². The summed E-state index contributed by atoms with van der Waals surface area (Å²) >= 11 is 1.53. The second-order valence-electron chi connectivity index (χ2n) is 7.07. The van der Waals surface area contributed by atoms with Gasteiger partial charge in [0.2, 0.25) is 0 Å². The Labute approximate surface area is 190 Å². The van der Waals surface area contributed by atoms with Crippen LogP contribution in [0, 0.1) is 0 Å². The van der Waals surface area contributed by atoms with Gasteiger partial charge in [-0.05, 0) is 79.2 Å². The SMILES string of the molecule is CCOc1ccc2c(C(=O)c3ccc(OC)cc3)c(-c3ccc(OC(C)=O)cc3)sc2c1. The van der Waals surface area contributed by atoms with E-state index >= 15 is 0 Å². The first kappa shape index (κ1) is 21.6. The number of ketones is 1. The third-order valence-corrected chi connectivity index (χ3v) is 6.13. The van der Waals surface area contributed by atoms with Crippen LogP contribution in [0.5, 0.6) is 17.2 Å². The monoisotopic (exact) mass is 446 g/mol. The summed E-state index contributed by atoms with van der Waals surface area (Å²) in [5, 5.41) is 0.873. The van der Waals surface area contributed by atoms with Crippen LogP contribution in [-0.2, 0) is 4.79 Å². The van der Waals surface area contributed by atoms with Gasteiger partial charge in [0, 0.05) is 33.0 Å². The number of ether oxygens (including phenoxy) is 3. The molecule has 0 unspecified atom stereocenters. The van der Waals surface area contributed by atoms with Crippen molar-refractivity contribution < 1.29 is 23.8 Å². The van der Waals surface area contributed by atoms with Gasteiger partial charge in [-0.25, -0.2) is 0 Å². The minimum atomic E-state index is -0.376. The van der Waals surface area contributed by atoms with E-state index in [0.29, 0.717) is 29.2 Å². The number of carbonyl (C=O) groups excluding carboxylic acids is 2. The highest BCUT2D eigenvalue weighted by Crippen LogP contribution is 2.41. The molecule has 0 amide bonds. The highest BCUT2D eigenvalue weighted by molar-refractivity contribution is 7.22. The molecule has 1 heterocycles. The Hall–Kier alpha value is -3.64. The predicted octanol–water partition coefficient (Wildman–Crippen LogP) is 6.13. The molecule has 0 fully saturated rings. The van der Waals surface area contributed by atoms with E-state index in [4.69, 9.17) is 14.2 Å². The van der Waals surface area contributed by atoms with Gasteiger partial charge in [-0.1, -0.05) is 0 Å². The third kappa shape index (κ3) is 4.36. The van der Waals surface area contributed by atoms with Crippen molar-refractivity contribution in [1.29, 1.82) is 0 Å². The van der Waals surface area contributed by atoms with Crippen molar-refractivity contribution in [2.24, 2.45) is 0 Å². The maximum atomic E-state index is 13.6. The summed E-state index contributed by atoms with van der Waals surface area (Å²) in [5.74, 6) is 1.48. The van der Waals surface area contributed by atoms with Crippen molar-refractivity contribution >= 4 is 33.2 Å². The fourth-order valence-corrected chi connectivity index (χ4v) is 4.72. The maximum absolute atomic E-state index is 13.6. The number of benzene rings is 3. The first-order chi connectivity index (χ1) is 15.5. The Balaban J connectivity index is 1.84. The lowest BCUT2D eigenvalue weighted by molar-refractivity contribution is -0.131. The van der Waals surface area contributed by atoms with Crippen LogP contribution in [0.25, 0.3) is 20.5 Å². The first-order valence-electron chi connectivity index (χ1n) is 10.2. The summed E-state index contributed by atoms with van der Waals surface area (Å²) in [6.07, 6.45) is 0. The Morgan fingerprint density at radius 1 is 0.875 bits per heavy atom. The van der Waals surface area contributed by atoms with Crippen molar-refractivity contribution in [3.05, 3.63) is 77.9 Å². The van der Waals surface area contributed by atoms with Crippen LogP contribution in [0.2, 0.25) is 0 Å². The van der Waals surface area contributed by atoms with Gasteiger partial charge >= 0.3 is 5.97 Å². The lowest BCUT2D eigenvalue weighted by Gasteiger charge is -2.07. The van der Waals surface area contributed by atoms with E-state index in [1.54, 1.807) is 43.5 Å². The van der Waals surface area contributed by atoms with Crippen LogP contribution in [0.3, 0.4) is 0 Å². The summed E-state index contributed by atoms with van der Waals surface area (Å²) in [6, 6.07) is 20.1. The highest BCUT2D eigenvalue weighted by atomic mass is 32.1. The number of esters is 1. The number of thiophene rings is 1. The van der Waals surface area contributed by atoms with Crippen molar-refractivity contribution in [2.45, 2.75) is 13.8 Å². The molecule has 0 saturated heterocycles. The second-order valence-corrected chi connectivity index (χ2v) is 8.13. The number of methoxy groups -OCH3 is 1. The van der Waals surface area contributed by atoms with E-state index in [1.807, 2.05) is 37.3 Å². The number of fused-ring (bicyclic) bond motifs is 1. The minimum absolute atomic E-state index is 0.0675. The molecule has 1 aromatic heterocycles. The highest BCUT2D eigenvalue weighted by Gasteiger charge is 2.22. The van der Waals surface area contributed by atoms with Crippen molar-refractivity contribution in [3.8, 4) is 27.7 Å². The molecular weight excluding hydrogens is 424 g/mol. The molecule has 0 spiro atoms. The van der Waals surface area contributed by atoms with E-state index in [9.17, 15) is 9.59 Å². The summed E-state index contributed by atoms with van der Waals surface area (Å²) in [6.45, 7) is 3.87. The fraction of sp³-hybridized carbons (Fsp3) is 0.154. The van der Waals surface area contributed by atoms with Crippen LogP contribution in [-0.4, -0.2) is 25.5 Å². The molecule has 0 aliphatic carbocycles. The van der Waals surface area contributed by atoms with Gasteiger partial charge in [0.1, 0.15) is 17.2 Å². The summed E-state index contributed by atoms with van der Waals surface area (Å²) in [4.78, 5) is 25.7. The van der Waals surface area contributed by atoms with Crippen molar-refractivity contribution in [3.63, 3.8) is 0 Å². The van der Waals surface area contributed by atoms with Gasteiger partial charge < -0.3 is 14.2 Å². The van der Waals surface area contributed by atoms with Crippen LogP contribution < -0.4 is 14.2 Å². The average Bonchev–Trinajstić information content (AvgIpc) is 3.17. The lowest BCUT2D eigenvalue weighted by Crippen LogP contribution is -2.03. The normalized spacial score (nSPS) is 10.7. The van der Waals surface area contributed by atoms with Crippen LogP contribution in [0.4, 0.5) is 0 Å². The average molecular weight is 447 g/mol. The molecule has 162 valence electrons. The largest absolute Gasteiger partial charge is 0.497 e. The molecule has 4 aromatic rings. The zero-order chi connectivity index (χ0) is 22.7. The van der Waals surface area contributed by atoms with Crippen LogP contribution in [0.1, 0.15) is 29.8 Å². The zero-order valence-electron chi connectivity index (χ0n) is 18.0. The van der Waals surface area contributed by atoms with Gasteiger partial charge in [-0.3, -0.25) is 9.59 Å². The van der Waals surface area contributed by atoms with Crippen molar-refractivity contribution in [2.75, 3.05) is 13.7 Å². The Morgan fingerprint density at radius 2 is 1.53 bits per heavy atom. The maximum Gasteiger partial charge on any atom is 0.308 e. The number of hydrogen-bond donors (Lipinski definition) is 0. The Morgan fingerprint density at radius 3 is 2.16 bits per heavy atom. The van der Waals surface area contributed by atoms with Crippen LogP contribution in [0.15, 0.2) is 66.7 Å². The lowest BCUT2D eigenvalue weighted by atomic mass is 9.97. The van der Waals surface area contributed by atoms with E-state index in [1.165, 1.54) is 18.3 Å². The topological polar surface area (TPSA) is 61.8 Å². The van der Waals surface area contributed by atoms with Gasteiger partial charge in [-0.15, -0.1) is 11.3 Å². The molecule has 32 heavy (non-hydrogen) atoms. The molecule has 0 radical (unpaired) electrons. The second kappa shape index (κ2) is 9.24. The van der Waals surface area contributed by atoms with Gasteiger partial charge in [-0.2, -0.15) is 0 Å². The van der Waals surface area contributed by atoms with Gasteiger partial charge in [0.05, 0.1) is 13.7 Å². The first-order valence-corrected chi connectivity index (χ1v) is 11.0. The summed E-state index contributed by atoms with van der Waals surface area (Å²) in [5.41, 5.74) is 2.09.